The molecule has 12 nitrogen and oxygen atoms in total. The van der Waals surface area contributed by atoms with Gasteiger partial charge in [-0.3, -0.25) is 14.4 Å². The number of aryl methyl sites for hydroxylation is 1. The number of carbonyl (C=O) groups is 2. The topological polar surface area (TPSA) is 123 Å². The van der Waals surface area contributed by atoms with Crippen molar-refractivity contribution in [1.82, 2.24) is 23.6 Å². The van der Waals surface area contributed by atoms with Crippen molar-refractivity contribution in [2.45, 2.75) is 57.1 Å². The van der Waals surface area contributed by atoms with Gasteiger partial charge in [-0.15, -0.1) is 0 Å². The van der Waals surface area contributed by atoms with Crippen LogP contribution in [0, 0.1) is 6.92 Å². The molecule has 2 aliphatic heterocycles. The first kappa shape index (κ1) is 34.8. The Kier molecular flexibility index (Phi) is 8.79. The highest BCUT2D eigenvalue weighted by Gasteiger charge is 2.36. The Morgan fingerprint density at radius 3 is 2.29 bits per heavy atom. The molecule has 0 saturated carbocycles. The van der Waals surface area contributed by atoms with E-state index in [2.05, 4.69) is 10.1 Å². The number of para-hydroxylation sites is 1. The summed E-state index contributed by atoms with van der Waals surface area (Å²) in [5, 5.41) is 5.79. The summed E-state index contributed by atoms with van der Waals surface area (Å²) >= 11 is 13.0. The number of rotatable bonds is 5. The van der Waals surface area contributed by atoms with E-state index in [-0.39, 0.29) is 40.8 Å². The zero-order chi connectivity index (χ0) is 36.4. The number of carbonyl (C=O) groups excluding carboxylic acids is 2. The Labute approximate surface area is 306 Å². The van der Waals surface area contributed by atoms with Gasteiger partial charge < -0.3 is 14.5 Å². The smallest absolute Gasteiger partial charge is 0.410 e. The lowest BCUT2D eigenvalue weighted by Crippen LogP contribution is -2.45. The van der Waals surface area contributed by atoms with Gasteiger partial charge in [-0.2, -0.15) is 5.10 Å². The second-order valence-electron chi connectivity index (χ2n) is 13.9. The lowest BCUT2D eigenvalue weighted by atomic mass is 10.1. The molecule has 0 radical (unpaired) electrons. The number of aromatic nitrogens is 4. The first-order chi connectivity index (χ1) is 24.1. The highest BCUT2D eigenvalue weighted by molar-refractivity contribution is 7.90. The van der Waals surface area contributed by atoms with Crippen LogP contribution in [-0.2, 0) is 14.8 Å². The zero-order valence-electron chi connectivity index (χ0n) is 28.8. The Hall–Kier alpha value is -4.59. The molecule has 7 rings (SSSR count). The maximum atomic E-state index is 14.5. The summed E-state index contributed by atoms with van der Waals surface area (Å²) in [6.45, 7) is 8.53. The quantitative estimate of drug-likeness (QED) is 0.183. The van der Waals surface area contributed by atoms with Crippen molar-refractivity contribution in [2.24, 2.45) is 0 Å². The molecule has 0 spiro atoms. The van der Waals surface area contributed by atoms with E-state index in [1.54, 1.807) is 59.6 Å². The molecule has 5 heterocycles. The minimum atomic E-state index is -4.18. The Balaban J connectivity index is 1.30. The highest BCUT2D eigenvalue weighted by atomic mass is 35.5. The van der Waals surface area contributed by atoms with Gasteiger partial charge in [0.2, 0.25) is 0 Å². The largest absolute Gasteiger partial charge is 0.444 e. The molecule has 0 N–H and O–H groups in total. The number of amides is 2. The van der Waals surface area contributed by atoms with Crippen molar-refractivity contribution in [3.63, 3.8) is 0 Å². The molecule has 15 heteroatoms. The summed E-state index contributed by atoms with van der Waals surface area (Å²) in [6.07, 6.45) is 5.83. The fraction of sp³-hybridized carbons (Fsp3) is 0.333. The van der Waals surface area contributed by atoms with Gasteiger partial charge in [-0.05, 0) is 70.9 Å². The number of piperidine rings is 1. The number of ether oxygens (including phenoxy) is 1. The number of nitrogens with zero attached hydrogens (tertiary/aromatic N) is 7. The van der Waals surface area contributed by atoms with Crippen LogP contribution in [0.15, 0.2) is 72.0 Å². The number of pyridine rings is 1. The van der Waals surface area contributed by atoms with Crippen LogP contribution in [0.1, 0.15) is 55.6 Å². The molecule has 3 aromatic heterocycles. The third-order valence-corrected chi connectivity index (χ3v) is 11.5. The molecule has 2 aliphatic rings. The van der Waals surface area contributed by atoms with Crippen LogP contribution in [-0.4, -0.2) is 76.5 Å². The summed E-state index contributed by atoms with van der Waals surface area (Å²) in [7, 11) is -2.36. The van der Waals surface area contributed by atoms with Crippen molar-refractivity contribution in [1.29, 1.82) is 0 Å². The summed E-state index contributed by atoms with van der Waals surface area (Å²) in [4.78, 5) is 36.4. The van der Waals surface area contributed by atoms with Crippen LogP contribution in [0.25, 0.3) is 22.3 Å². The van der Waals surface area contributed by atoms with Gasteiger partial charge in [-0.1, -0.05) is 47.0 Å². The molecule has 5 aromatic rings. The summed E-state index contributed by atoms with van der Waals surface area (Å²) in [6, 6.07) is 13.4. The van der Waals surface area contributed by atoms with Gasteiger partial charge in [0.15, 0.2) is 5.65 Å². The minimum absolute atomic E-state index is 0.0128. The lowest BCUT2D eigenvalue weighted by Gasteiger charge is -2.36. The summed E-state index contributed by atoms with van der Waals surface area (Å²) < 4.78 is 37.6. The number of hydrogen-bond donors (Lipinski definition) is 0. The summed E-state index contributed by atoms with van der Waals surface area (Å²) in [5.74, 6) is -0.367. The van der Waals surface area contributed by atoms with Gasteiger partial charge in [0.25, 0.3) is 15.9 Å². The van der Waals surface area contributed by atoms with E-state index >= 15 is 0 Å². The predicted molar refractivity (Wildman–Crippen MR) is 197 cm³/mol. The van der Waals surface area contributed by atoms with E-state index in [4.69, 9.17) is 27.9 Å². The van der Waals surface area contributed by atoms with Crippen LogP contribution < -0.4 is 9.80 Å². The van der Waals surface area contributed by atoms with Gasteiger partial charge in [0.05, 0.1) is 56.5 Å². The first-order valence-corrected chi connectivity index (χ1v) is 18.7. The van der Waals surface area contributed by atoms with Crippen molar-refractivity contribution >= 4 is 67.6 Å². The summed E-state index contributed by atoms with van der Waals surface area (Å²) in [5.41, 5.74) is 2.60. The Morgan fingerprint density at radius 2 is 1.65 bits per heavy atom. The fourth-order valence-electron chi connectivity index (χ4n) is 6.66. The second-order valence-corrected chi connectivity index (χ2v) is 16.5. The van der Waals surface area contributed by atoms with Crippen molar-refractivity contribution < 1.29 is 22.7 Å². The van der Waals surface area contributed by atoms with E-state index in [1.807, 2.05) is 50.5 Å². The molecular weight excluding hydrogens is 713 g/mol. The number of halogens is 2. The van der Waals surface area contributed by atoms with Gasteiger partial charge in [0, 0.05) is 43.5 Å². The predicted octanol–water partition coefficient (Wildman–Crippen LogP) is 7.38. The number of hydrogen-bond acceptors (Lipinski definition) is 8. The molecule has 266 valence electrons. The highest BCUT2D eigenvalue weighted by Crippen LogP contribution is 2.42. The van der Waals surface area contributed by atoms with Crippen molar-refractivity contribution in [3.8, 4) is 11.3 Å². The average Bonchev–Trinajstić information content (AvgIpc) is 3.72. The number of benzene rings is 2. The minimum Gasteiger partial charge on any atom is -0.444 e. The molecule has 2 amide bonds. The van der Waals surface area contributed by atoms with Crippen LogP contribution >= 0.6 is 23.2 Å². The van der Waals surface area contributed by atoms with E-state index in [0.29, 0.717) is 64.0 Å². The normalized spacial score (nSPS) is 15.8. The molecule has 0 atom stereocenters. The SMILES string of the molecule is Cc1ccc(S(=O)(=O)n2c(-c3cnn(C4CCN(C(=O)OC(C)(C)C)CC4)c3)cc3c4c(cnc32)C(=O)N(c2c(Cl)cccc2Cl)CN4C)cc1. The van der Waals surface area contributed by atoms with Crippen LogP contribution in [0.3, 0.4) is 0 Å². The first-order valence-electron chi connectivity index (χ1n) is 16.5. The molecule has 0 unspecified atom stereocenters. The van der Waals surface area contributed by atoms with Crippen molar-refractivity contribution in [3.05, 3.63) is 88.3 Å². The number of likely N-dealkylation sites (tertiary alicyclic amines) is 1. The zero-order valence-corrected chi connectivity index (χ0v) is 31.1. The number of fused-ring (bicyclic) bond motifs is 3. The maximum Gasteiger partial charge on any atom is 0.410 e. The van der Waals surface area contributed by atoms with Gasteiger partial charge in [-0.25, -0.2) is 22.2 Å². The van der Waals surface area contributed by atoms with Gasteiger partial charge >= 0.3 is 6.09 Å². The monoisotopic (exact) mass is 749 g/mol. The average molecular weight is 751 g/mol. The third-order valence-electron chi connectivity index (χ3n) is 9.12. The molecule has 0 bridgehead atoms. The molecule has 0 aliphatic carbocycles. The number of anilines is 2. The molecule has 1 fully saturated rings. The third kappa shape index (κ3) is 6.31. The van der Waals surface area contributed by atoms with E-state index in [1.165, 1.54) is 15.1 Å². The second kappa shape index (κ2) is 12.9. The lowest BCUT2D eigenvalue weighted by molar-refractivity contribution is 0.0184. The fourth-order valence-corrected chi connectivity index (χ4v) is 8.74. The Bertz CT molecular complexity index is 2270. The molecule has 2 aromatic carbocycles. The van der Waals surface area contributed by atoms with Crippen LogP contribution in [0.5, 0.6) is 0 Å². The van der Waals surface area contributed by atoms with Gasteiger partial charge in [0.1, 0.15) is 5.60 Å². The van der Waals surface area contributed by atoms with Crippen LogP contribution in [0.2, 0.25) is 10.0 Å². The Morgan fingerprint density at radius 1 is 0.980 bits per heavy atom. The molecule has 51 heavy (non-hydrogen) atoms. The molecular formula is C36H37Cl2N7O5S. The maximum absolute atomic E-state index is 14.5. The standard InChI is InChI=1S/C36H37Cl2N7O5S/c1-22-9-11-25(12-10-22)51(48,49)45-30(23-18-40-44(20-23)24-13-15-42(16-14-24)35(47)50-36(2,3)4)17-26-31-27(19-39-33(26)45)34(46)43(21-41(31)5)32-28(37)7-6-8-29(32)38/h6-12,17-20,24H,13-16,21H2,1-5H3. The molecule has 1 saturated heterocycles. The van der Waals surface area contributed by atoms with Crippen molar-refractivity contribution in [2.75, 3.05) is 36.6 Å². The van der Waals surface area contributed by atoms with E-state index in [0.717, 1.165) is 5.56 Å². The van der Waals surface area contributed by atoms with Crippen LogP contribution in [0.4, 0.5) is 16.2 Å². The van der Waals surface area contributed by atoms with E-state index < -0.39 is 15.6 Å². The van der Waals surface area contributed by atoms with E-state index in [9.17, 15) is 18.0 Å².